The Hall–Kier alpha value is -2.17. The summed E-state index contributed by atoms with van der Waals surface area (Å²) in [6.07, 6.45) is -1.81. The standard InChI is InChI=1S/C18H18O4/c1-12-8-6-7-11-14(12)15-16(17(19)20-2)22-18(21-15)13-9-4-3-5-10-13/h3-11,15-16,18H,1-2H3/t15-,16+,18?/m1/s1. The molecule has 3 rings (SSSR count). The second-order valence-electron chi connectivity index (χ2n) is 5.24. The van der Waals surface area contributed by atoms with Gasteiger partial charge in [0.25, 0.3) is 0 Å². The van der Waals surface area contributed by atoms with Gasteiger partial charge in [-0.15, -0.1) is 0 Å². The van der Waals surface area contributed by atoms with Crippen molar-refractivity contribution in [1.29, 1.82) is 0 Å². The summed E-state index contributed by atoms with van der Waals surface area (Å²) in [5.74, 6) is -0.424. The number of ether oxygens (including phenoxy) is 3. The molecule has 0 aromatic heterocycles. The van der Waals surface area contributed by atoms with E-state index >= 15 is 0 Å². The van der Waals surface area contributed by atoms with Crippen LogP contribution in [0, 0.1) is 6.92 Å². The van der Waals surface area contributed by atoms with E-state index in [2.05, 4.69) is 0 Å². The van der Waals surface area contributed by atoms with E-state index in [1.54, 1.807) is 0 Å². The van der Waals surface area contributed by atoms with Gasteiger partial charge in [0.05, 0.1) is 7.11 Å². The highest BCUT2D eigenvalue weighted by Crippen LogP contribution is 2.41. The molecule has 1 unspecified atom stereocenters. The molecule has 0 saturated carbocycles. The van der Waals surface area contributed by atoms with Gasteiger partial charge in [0.2, 0.25) is 0 Å². The average molecular weight is 298 g/mol. The van der Waals surface area contributed by atoms with Crippen LogP contribution in [0.4, 0.5) is 0 Å². The van der Waals surface area contributed by atoms with Crippen molar-refractivity contribution in [2.45, 2.75) is 25.4 Å². The number of benzene rings is 2. The van der Waals surface area contributed by atoms with Gasteiger partial charge in [0.1, 0.15) is 6.10 Å². The lowest BCUT2D eigenvalue weighted by Gasteiger charge is -2.16. The largest absolute Gasteiger partial charge is 0.467 e. The van der Waals surface area contributed by atoms with Crippen LogP contribution < -0.4 is 0 Å². The van der Waals surface area contributed by atoms with Crippen LogP contribution in [0.2, 0.25) is 0 Å². The van der Waals surface area contributed by atoms with Gasteiger partial charge >= 0.3 is 5.97 Å². The minimum atomic E-state index is -0.767. The molecule has 114 valence electrons. The minimum absolute atomic E-state index is 0.424. The first-order valence-electron chi connectivity index (χ1n) is 7.20. The van der Waals surface area contributed by atoms with Crippen LogP contribution in [0.5, 0.6) is 0 Å². The monoisotopic (exact) mass is 298 g/mol. The number of rotatable bonds is 3. The zero-order chi connectivity index (χ0) is 15.5. The fraction of sp³-hybridized carbons (Fsp3) is 0.278. The molecule has 0 bridgehead atoms. The summed E-state index contributed by atoms with van der Waals surface area (Å²) >= 11 is 0. The number of hydrogen-bond donors (Lipinski definition) is 0. The Morgan fingerprint density at radius 2 is 1.68 bits per heavy atom. The van der Waals surface area contributed by atoms with Gasteiger partial charge in [0.15, 0.2) is 12.4 Å². The molecule has 4 heteroatoms. The number of aryl methyl sites for hydroxylation is 1. The highest BCUT2D eigenvalue weighted by molar-refractivity contribution is 5.76. The zero-order valence-corrected chi connectivity index (χ0v) is 12.6. The molecule has 3 atom stereocenters. The van der Waals surface area contributed by atoms with E-state index in [0.717, 1.165) is 16.7 Å². The number of hydrogen-bond acceptors (Lipinski definition) is 4. The molecule has 0 radical (unpaired) electrons. The number of carbonyl (C=O) groups is 1. The molecule has 1 aliphatic rings. The molecule has 0 spiro atoms. The molecule has 2 aromatic carbocycles. The van der Waals surface area contributed by atoms with Crippen molar-refractivity contribution in [3.8, 4) is 0 Å². The third-order valence-corrected chi connectivity index (χ3v) is 3.82. The van der Waals surface area contributed by atoms with Crippen LogP contribution in [-0.2, 0) is 19.0 Å². The van der Waals surface area contributed by atoms with Crippen molar-refractivity contribution in [1.82, 2.24) is 0 Å². The van der Waals surface area contributed by atoms with Gasteiger partial charge in [-0.3, -0.25) is 0 Å². The molecule has 4 nitrogen and oxygen atoms in total. The Morgan fingerprint density at radius 3 is 2.36 bits per heavy atom. The van der Waals surface area contributed by atoms with Gasteiger partial charge in [-0.1, -0.05) is 54.6 Å². The van der Waals surface area contributed by atoms with Crippen molar-refractivity contribution in [2.75, 3.05) is 7.11 Å². The Bertz CT molecular complexity index is 653. The summed E-state index contributed by atoms with van der Waals surface area (Å²) in [7, 11) is 1.36. The predicted molar refractivity (Wildman–Crippen MR) is 81.1 cm³/mol. The molecule has 22 heavy (non-hydrogen) atoms. The van der Waals surface area contributed by atoms with E-state index in [9.17, 15) is 4.79 Å². The van der Waals surface area contributed by atoms with E-state index in [1.165, 1.54) is 7.11 Å². The molecule has 2 aromatic rings. The smallest absolute Gasteiger partial charge is 0.338 e. The summed E-state index contributed by atoms with van der Waals surface area (Å²) in [6, 6.07) is 17.4. The lowest BCUT2D eigenvalue weighted by Crippen LogP contribution is -2.27. The van der Waals surface area contributed by atoms with Crippen LogP contribution in [0.15, 0.2) is 54.6 Å². The fourth-order valence-corrected chi connectivity index (χ4v) is 2.65. The lowest BCUT2D eigenvalue weighted by atomic mass is 10.00. The highest BCUT2D eigenvalue weighted by atomic mass is 16.7. The van der Waals surface area contributed by atoms with Crippen LogP contribution in [0.3, 0.4) is 0 Å². The summed E-state index contributed by atoms with van der Waals surface area (Å²) in [6.45, 7) is 1.99. The van der Waals surface area contributed by atoms with Crippen molar-refractivity contribution < 1.29 is 19.0 Å². The van der Waals surface area contributed by atoms with E-state index in [-0.39, 0.29) is 0 Å². The van der Waals surface area contributed by atoms with E-state index in [1.807, 2.05) is 61.5 Å². The average Bonchev–Trinajstić information content (AvgIpc) is 3.00. The highest BCUT2D eigenvalue weighted by Gasteiger charge is 2.43. The first kappa shape index (κ1) is 14.8. The topological polar surface area (TPSA) is 44.8 Å². The Balaban J connectivity index is 1.93. The maximum atomic E-state index is 12.1. The Kier molecular flexibility index (Phi) is 4.22. The first-order chi connectivity index (χ1) is 10.7. The third kappa shape index (κ3) is 2.75. The van der Waals surface area contributed by atoms with E-state index < -0.39 is 24.5 Å². The van der Waals surface area contributed by atoms with Gasteiger partial charge in [-0.2, -0.15) is 0 Å². The summed E-state index contributed by atoms with van der Waals surface area (Å²) in [4.78, 5) is 12.1. The molecule has 0 amide bonds. The van der Waals surface area contributed by atoms with Crippen LogP contribution in [-0.4, -0.2) is 19.2 Å². The second kappa shape index (κ2) is 6.30. The quantitative estimate of drug-likeness (QED) is 0.815. The molecule has 1 aliphatic heterocycles. The zero-order valence-electron chi connectivity index (χ0n) is 12.6. The van der Waals surface area contributed by atoms with Gasteiger partial charge in [-0.25, -0.2) is 4.79 Å². The predicted octanol–water partition coefficient (Wildman–Crippen LogP) is 3.32. The van der Waals surface area contributed by atoms with Gasteiger partial charge < -0.3 is 14.2 Å². The Morgan fingerprint density at radius 1 is 1.00 bits per heavy atom. The number of carbonyl (C=O) groups excluding carboxylic acids is 1. The van der Waals surface area contributed by atoms with E-state index in [0.29, 0.717) is 0 Å². The fourth-order valence-electron chi connectivity index (χ4n) is 2.65. The lowest BCUT2D eigenvalue weighted by molar-refractivity contribution is -0.154. The summed E-state index contributed by atoms with van der Waals surface area (Å²) < 4.78 is 16.7. The maximum Gasteiger partial charge on any atom is 0.338 e. The molecule has 0 aliphatic carbocycles. The Labute approximate surface area is 129 Å². The normalized spacial score (nSPS) is 24.2. The number of methoxy groups -OCH3 is 1. The van der Waals surface area contributed by atoms with Gasteiger partial charge in [0, 0.05) is 5.56 Å². The van der Waals surface area contributed by atoms with Crippen molar-refractivity contribution in [3.63, 3.8) is 0 Å². The third-order valence-electron chi connectivity index (χ3n) is 3.82. The summed E-state index contributed by atoms with van der Waals surface area (Å²) in [5, 5.41) is 0. The maximum absolute atomic E-state index is 12.1. The molecular formula is C18H18O4. The number of esters is 1. The van der Waals surface area contributed by atoms with Gasteiger partial charge in [-0.05, 0) is 18.1 Å². The minimum Gasteiger partial charge on any atom is -0.467 e. The molecular weight excluding hydrogens is 280 g/mol. The van der Waals surface area contributed by atoms with Crippen molar-refractivity contribution >= 4 is 5.97 Å². The van der Waals surface area contributed by atoms with E-state index in [4.69, 9.17) is 14.2 Å². The second-order valence-corrected chi connectivity index (χ2v) is 5.24. The van der Waals surface area contributed by atoms with Crippen LogP contribution in [0.1, 0.15) is 29.1 Å². The van der Waals surface area contributed by atoms with Crippen LogP contribution >= 0.6 is 0 Å². The SMILES string of the molecule is COC(=O)[C@H]1OC(c2ccccc2)O[C@@H]1c1ccccc1C. The molecule has 1 fully saturated rings. The summed E-state index contributed by atoms with van der Waals surface area (Å²) in [5.41, 5.74) is 2.88. The van der Waals surface area contributed by atoms with Crippen molar-refractivity contribution in [2.24, 2.45) is 0 Å². The van der Waals surface area contributed by atoms with Crippen molar-refractivity contribution in [3.05, 3.63) is 71.3 Å². The molecule has 0 N–H and O–H groups in total. The van der Waals surface area contributed by atoms with Crippen LogP contribution in [0.25, 0.3) is 0 Å². The molecule has 1 heterocycles. The molecule has 1 saturated heterocycles. The first-order valence-corrected chi connectivity index (χ1v) is 7.20.